The molecular weight excluding hydrogens is 253 g/mol. The summed E-state index contributed by atoms with van der Waals surface area (Å²) in [7, 11) is 0. The molecule has 0 saturated heterocycles. The second-order valence-corrected chi connectivity index (χ2v) is 5.27. The summed E-state index contributed by atoms with van der Waals surface area (Å²) >= 11 is 0. The standard InChI is InChI=1S/C17H20FNO/c1-11-7-8-16(12(2)9-11)20-17-6-4-5-15(18)14(17)10-13(3)19/h4-9,13H,10,19H2,1-3H3. The number of halogens is 1. The second kappa shape index (κ2) is 6.06. The molecule has 0 aliphatic carbocycles. The SMILES string of the molecule is Cc1ccc(Oc2cccc(F)c2CC(C)N)c(C)c1. The van der Waals surface area contributed by atoms with Gasteiger partial charge >= 0.3 is 0 Å². The van der Waals surface area contributed by atoms with Gasteiger partial charge in [-0.3, -0.25) is 0 Å². The van der Waals surface area contributed by atoms with Gasteiger partial charge in [-0.05, 0) is 51.0 Å². The monoisotopic (exact) mass is 273 g/mol. The van der Waals surface area contributed by atoms with Gasteiger partial charge in [0.05, 0.1) is 0 Å². The van der Waals surface area contributed by atoms with Gasteiger partial charge in [0.2, 0.25) is 0 Å². The molecule has 0 fully saturated rings. The lowest BCUT2D eigenvalue weighted by Gasteiger charge is -2.15. The molecule has 2 nitrogen and oxygen atoms in total. The van der Waals surface area contributed by atoms with Crippen molar-refractivity contribution in [1.29, 1.82) is 0 Å². The quantitative estimate of drug-likeness (QED) is 0.909. The van der Waals surface area contributed by atoms with E-state index in [0.717, 1.165) is 11.3 Å². The van der Waals surface area contributed by atoms with Crippen molar-refractivity contribution in [2.45, 2.75) is 33.2 Å². The van der Waals surface area contributed by atoms with Crippen LogP contribution in [0.3, 0.4) is 0 Å². The van der Waals surface area contributed by atoms with E-state index in [1.54, 1.807) is 12.1 Å². The predicted octanol–water partition coefficient (Wildman–Crippen LogP) is 4.12. The van der Waals surface area contributed by atoms with E-state index in [1.807, 2.05) is 39.0 Å². The third kappa shape index (κ3) is 3.36. The largest absolute Gasteiger partial charge is 0.457 e. The number of nitrogens with two attached hydrogens (primary N) is 1. The van der Waals surface area contributed by atoms with Crippen molar-refractivity contribution in [3.8, 4) is 11.5 Å². The molecule has 1 unspecified atom stereocenters. The third-order valence-electron chi connectivity index (χ3n) is 3.15. The van der Waals surface area contributed by atoms with Crippen molar-refractivity contribution in [3.63, 3.8) is 0 Å². The van der Waals surface area contributed by atoms with Gasteiger partial charge in [-0.25, -0.2) is 4.39 Å². The van der Waals surface area contributed by atoms with Gasteiger partial charge in [0.15, 0.2) is 0 Å². The van der Waals surface area contributed by atoms with E-state index in [4.69, 9.17) is 10.5 Å². The average molecular weight is 273 g/mol. The second-order valence-electron chi connectivity index (χ2n) is 5.27. The van der Waals surface area contributed by atoms with E-state index in [2.05, 4.69) is 0 Å². The molecule has 2 rings (SSSR count). The van der Waals surface area contributed by atoms with Crippen LogP contribution in [0.2, 0.25) is 0 Å². The van der Waals surface area contributed by atoms with E-state index in [-0.39, 0.29) is 11.9 Å². The lowest BCUT2D eigenvalue weighted by molar-refractivity contribution is 0.460. The Morgan fingerprint density at radius 1 is 1.15 bits per heavy atom. The first-order valence-electron chi connectivity index (χ1n) is 6.75. The summed E-state index contributed by atoms with van der Waals surface area (Å²) in [5, 5.41) is 0. The minimum atomic E-state index is -0.274. The van der Waals surface area contributed by atoms with Crippen LogP contribution >= 0.6 is 0 Å². The number of hydrogen-bond donors (Lipinski definition) is 1. The highest BCUT2D eigenvalue weighted by molar-refractivity contribution is 5.43. The molecule has 2 N–H and O–H groups in total. The molecule has 2 aromatic carbocycles. The smallest absolute Gasteiger partial charge is 0.133 e. The lowest BCUT2D eigenvalue weighted by atomic mass is 10.1. The highest BCUT2D eigenvalue weighted by Gasteiger charge is 2.13. The molecule has 0 saturated carbocycles. The maximum atomic E-state index is 13.9. The van der Waals surface area contributed by atoms with Crippen LogP contribution in [0.5, 0.6) is 11.5 Å². The summed E-state index contributed by atoms with van der Waals surface area (Å²) in [6.07, 6.45) is 0.451. The maximum absolute atomic E-state index is 13.9. The Labute approximate surface area is 119 Å². The number of benzene rings is 2. The van der Waals surface area contributed by atoms with Gasteiger partial charge in [-0.1, -0.05) is 23.8 Å². The lowest BCUT2D eigenvalue weighted by Crippen LogP contribution is -2.19. The number of aryl methyl sites for hydroxylation is 2. The first-order valence-corrected chi connectivity index (χ1v) is 6.75. The van der Waals surface area contributed by atoms with Crippen molar-refractivity contribution < 1.29 is 9.13 Å². The molecular formula is C17H20FNO. The molecule has 20 heavy (non-hydrogen) atoms. The van der Waals surface area contributed by atoms with E-state index >= 15 is 0 Å². The average Bonchev–Trinajstić information content (AvgIpc) is 2.36. The molecule has 0 amide bonds. The summed E-state index contributed by atoms with van der Waals surface area (Å²) < 4.78 is 19.8. The fourth-order valence-electron chi connectivity index (χ4n) is 2.19. The third-order valence-corrected chi connectivity index (χ3v) is 3.15. The zero-order valence-electron chi connectivity index (χ0n) is 12.1. The molecule has 0 spiro atoms. The maximum Gasteiger partial charge on any atom is 0.133 e. The molecule has 3 heteroatoms. The van der Waals surface area contributed by atoms with Gasteiger partial charge in [0.25, 0.3) is 0 Å². The van der Waals surface area contributed by atoms with Crippen molar-refractivity contribution in [2.24, 2.45) is 5.73 Å². The minimum Gasteiger partial charge on any atom is -0.457 e. The van der Waals surface area contributed by atoms with E-state index in [0.29, 0.717) is 17.7 Å². The molecule has 0 bridgehead atoms. The Bertz CT molecular complexity index is 608. The topological polar surface area (TPSA) is 35.2 Å². The molecule has 106 valence electrons. The zero-order chi connectivity index (χ0) is 14.7. The first kappa shape index (κ1) is 14.5. The van der Waals surface area contributed by atoms with Crippen LogP contribution in [0.4, 0.5) is 4.39 Å². The highest BCUT2D eigenvalue weighted by Crippen LogP contribution is 2.30. The molecule has 0 aliphatic rings. The number of rotatable bonds is 4. The Morgan fingerprint density at radius 2 is 1.90 bits per heavy atom. The first-order chi connectivity index (χ1) is 9.47. The van der Waals surface area contributed by atoms with E-state index in [1.165, 1.54) is 11.6 Å². The van der Waals surface area contributed by atoms with Crippen LogP contribution in [-0.2, 0) is 6.42 Å². The number of ether oxygens (including phenoxy) is 1. The molecule has 0 radical (unpaired) electrons. The van der Waals surface area contributed by atoms with Crippen LogP contribution in [0.15, 0.2) is 36.4 Å². The minimum absolute atomic E-state index is 0.117. The molecule has 2 aromatic rings. The van der Waals surface area contributed by atoms with Crippen molar-refractivity contribution >= 4 is 0 Å². The Kier molecular flexibility index (Phi) is 4.40. The Hall–Kier alpha value is -1.87. The van der Waals surface area contributed by atoms with Gasteiger partial charge < -0.3 is 10.5 Å². The highest BCUT2D eigenvalue weighted by atomic mass is 19.1. The van der Waals surface area contributed by atoms with Crippen LogP contribution in [0.1, 0.15) is 23.6 Å². The number of hydrogen-bond acceptors (Lipinski definition) is 2. The Morgan fingerprint density at radius 3 is 2.55 bits per heavy atom. The molecule has 0 aromatic heterocycles. The summed E-state index contributed by atoms with van der Waals surface area (Å²) in [5.74, 6) is 1.01. The molecule has 1 atom stereocenters. The van der Waals surface area contributed by atoms with Gasteiger partial charge in [0, 0.05) is 11.6 Å². The van der Waals surface area contributed by atoms with Gasteiger partial charge in [-0.15, -0.1) is 0 Å². The van der Waals surface area contributed by atoms with E-state index in [9.17, 15) is 4.39 Å². The van der Waals surface area contributed by atoms with Crippen molar-refractivity contribution in [3.05, 3.63) is 58.9 Å². The van der Waals surface area contributed by atoms with Crippen molar-refractivity contribution in [2.75, 3.05) is 0 Å². The van der Waals surface area contributed by atoms with Gasteiger partial charge in [0.1, 0.15) is 17.3 Å². The molecule has 0 heterocycles. The Balaban J connectivity index is 2.35. The summed E-state index contributed by atoms with van der Waals surface area (Å²) in [6.45, 7) is 5.86. The van der Waals surface area contributed by atoms with Crippen LogP contribution < -0.4 is 10.5 Å². The van der Waals surface area contributed by atoms with Crippen LogP contribution in [0.25, 0.3) is 0 Å². The van der Waals surface area contributed by atoms with Crippen LogP contribution in [0, 0.1) is 19.7 Å². The summed E-state index contributed by atoms with van der Waals surface area (Å²) in [4.78, 5) is 0. The van der Waals surface area contributed by atoms with Gasteiger partial charge in [-0.2, -0.15) is 0 Å². The van der Waals surface area contributed by atoms with E-state index < -0.39 is 0 Å². The summed E-state index contributed by atoms with van der Waals surface area (Å²) in [5.41, 5.74) is 8.51. The predicted molar refractivity (Wildman–Crippen MR) is 79.7 cm³/mol. The molecule has 0 aliphatic heterocycles. The fraction of sp³-hybridized carbons (Fsp3) is 0.294. The normalized spacial score (nSPS) is 12.2. The fourth-order valence-corrected chi connectivity index (χ4v) is 2.19. The zero-order valence-corrected chi connectivity index (χ0v) is 12.1. The van der Waals surface area contributed by atoms with Crippen molar-refractivity contribution in [1.82, 2.24) is 0 Å². The summed E-state index contributed by atoms with van der Waals surface area (Å²) in [6, 6.07) is 10.7. The van der Waals surface area contributed by atoms with Crippen LogP contribution in [-0.4, -0.2) is 6.04 Å².